The van der Waals surface area contributed by atoms with Crippen LogP contribution in [0.3, 0.4) is 0 Å². The van der Waals surface area contributed by atoms with Crippen LogP contribution in [-0.2, 0) is 17.5 Å². The van der Waals surface area contributed by atoms with Gasteiger partial charge >= 0.3 is 6.18 Å². The van der Waals surface area contributed by atoms with Gasteiger partial charge in [0.1, 0.15) is 19.0 Å². The molecule has 1 amide bonds. The Morgan fingerprint density at radius 3 is 2.50 bits per heavy atom. The minimum absolute atomic E-state index is 0.200. The molecule has 1 heterocycles. The molecule has 28 heavy (non-hydrogen) atoms. The second kappa shape index (κ2) is 8.41. The molecule has 1 aliphatic heterocycles. The smallest absolute Gasteiger partial charge is 0.416 e. The normalized spacial score (nSPS) is 13.1. The van der Waals surface area contributed by atoms with Gasteiger partial charge in [-0.1, -0.05) is 12.1 Å². The predicted octanol–water partition coefficient (Wildman–Crippen LogP) is 3.90. The van der Waals surface area contributed by atoms with Crippen molar-refractivity contribution < 1.29 is 32.2 Å². The van der Waals surface area contributed by atoms with Crippen molar-refractivity contribution in [1.29, 1.82) is 0 Å². The Balaban J connectivity index is 1.61. The number of hydrogen-bond donors (Lipinski definition) is 0. The van der Waals surface area contributed by atoms with Gasteiger partial charge in [0.05, 0.1) is 5.56 Å². The highest BCUT2D eigenvalue weighted by Crippen LogP contribution is 2.34. The highest BCUT2D eigenvalue weighted by Gasteiger charge is 2.30. The van der Waals surface area contributed by atoms with Crippen molar-refractivity contribution in [2.24, 2.45) is 0 Å². The van der Waals surface area contributed by atoms with Crippen LogP contribution in [0.2, 0.25) is 0 Å². The molecule has 0 bridgehead atoms. The molecule has 150 valence electrons. The van der Waals surface area contributed by atoms with E-state index in [1.807, 2.05) is 25.1 Å². The number of nitrogens with zero attached hydrogens (tertiary/aromatic N) is 1. The molecule has 2 aromatic rings. The first-order valence-electron chi connectivity index (χ1n) is 8.84. The van der Waals surface area contributed by atoms with Gasteiger partial charge in [-0.2, -0.15) is 13.2 Å². The van der Waals surface area contributed by atoms with Crippen LogP contribution in [-0.4, -0.2) is 37.2 Å². The molecular weight excluding hydrogens is 375 g/mol. The summed E-state index contributed by atoms with van der Waals surface area (Å²) in [5.74, 6) is 1.19. The quantitative estimate of drug-likeness (QED) is 0.744. The molecule has 2 aromatic carbocycles. The van der Waals surface area contributed by atoms with Crippen molar-refractivity contribution in [3.63, 3.8) is 0 Å². The van der Waals surface area contributed by atoms with Crippen LogP contribution in [0.1, 0.15) is 18.1 Å². The average molecular weight is 395 g/mol. The summed E-state index contributed by atoms with van der Waals surface area (Å²) in [6, 6.07) is 9.75. The van der Waals surface area contributed by atoms with Crippen molar-refractivity contribution in [2.75, 3.05) is 26.4 Å². The van der Waals surface area contributed by atoms with Crippen LogP contribution in [0.4, 0.5) is 13.2 Å². The Morgan fingerprint density at radius 1 is 1.11 bits per heavy atom. The van der Waals surface area contributed by atoms with Crippen molar-refractivity contribution in [3.05, 3.63) is 53.6 Å². The number of carbonyl (C=O) groups is 1. The highest BCUT2D eigenvalue weighted by molar-refractivity contribution is 5.78. The maximum absolute atomic E-state index is 12.6. The molecule has 0 spiro atoms. The summed E-state index contributed by atoms with van der Waals surface area (Å²) < 4.78 is 54.3. The fourth-order valence-electron chi connectivity index (χ4n) is 2.82. The van der Waals surface area contributed by atoms with Crippen LogP contribution < -0.4 is 14.2 Å². The third-order valence-corrected chi connectivity index (χ3v) is 4.29. The van der Waals surface area contributed by atoms with Crippen molar-refractivity contribution in [3.8, 4) is 17.2 Å². The number of carbonyl (C=O) groups excluding carboxylic acids is 1. The molecule has 0 aromatic heterocycles. The van der Waals surface area contributed by atoms with Gasteiger partial charge in [0.15, 0.2) is 18.1 Å². The molecule has 0 atom stereocenters. The topological polar surface area (TPSA) is 48.0 Å². The van der Waals surface area contributed by atoms with E-state index in [0.717, 1.165) is 17.7 Å². The van der Waals surface area contributed by atoms with Gasteiger partial charge in [0, 0.05) is 18.7 Å². The van der Waals surface area contributed by atoms with E-state index in [4.69, 9.17) is 14.2 Å². The first kappa shape index (κ1) is 19.9. The summed E-state index contributed by atoms with van der Waals surface area (Å²) in [6.07, 6.45) is -4.41. The number of fused-ring (bicyclic) bond motifs is 1. The van der Waals surface area contributed by atoms with Crippen molar-refractivity contribution >= 4 is 5.91 Å². The van der Waals surface area contributed by atoms with Crippen molar-refractivity contribution in [1.82, 2.24) is 4.90 Å². The maximum atomic E-state index is 12.6. The van der Waals surface area contributed by atoms with E-state index >= 15 is 0 Å². The monoisotopic (exact) mass is 395 g/mol. The summed E-state index contributed by atoms with van der Waals surface area (Å²) in [4.78, 5) is 14.1. The Kier molecular flexibility index (Phi) is 5.96. The molecule has 5 nitrogen and oxygen atoms in total. The third kappa shape index (κ3) is 4.68. The number of halogens is 3. The second-order valence-corrected chi connectivity index (χ2v) is 6.16. The van der Waals surface area contributed by atoms with Gasteiger partial charge in [0.25, 0.3) is 5.91 Å². The molecule has 0 radical (unpaired) electrons. The van der Waals surface area contributed by atoms with Crippen LogP contribution in [0, 0.1) is 0 Å². The number of ether oxygens (including phenoxy) is 3. The van der Waals surface area contributed by atoms with Crippen LogP contribution >= 0.6 is 0 Å². The number of benzene rings is 2. The van der Waals surface area contributed by atoms with Crippen LogP contribution in [0.25, 0.3) is 0 Å². The Bertz CT molecular complexity index is 821. The van der Waals surface area contributed by atoms with E-state index in [-0.39, 0.29) is 18.3 Å². The SMILES string of the molecule is CCN(Cc1cccc2c1OCCO2)C(=O)COc1ccc(C(F)(F)F)cc1. The minimum atomic E-state index is -4.41. The Labute approximate surface area is 160 Å². The number of hydrogen-bond acceptors (Lipinski definition) is 4. The molecule has 3 rings (SSSR count). The van der Waals surface area contributed by atoms with Crippen LogP contribution in [0.5, 0.6) is 17.2 Å². The van der Waals surface area contributed by atoms with Crippen molar-refractivity contribution in [2.45, 2.75) is 19.6 Å². The lowest BCUT2D eigenvalue weighted by Gasteiger charge is -2.25. The molecule has 1 aliphatic rings. The van der Waals surface area contributed by atoms with Crippen LogP contribution in [0.15, 0.2) is 42.5 Å². The zero-order chi connectivity index (χ0) is 20.1. The summed E-state index contributed by atoms with van der Waals surface area (Å²) in [5, 5.41) is 0. The van der Waals surface area contributed by atoms with E-state index in [9.17, 15) is 18.0 Å². The van der Waals surface area contributed by atoms with E-state index < -0.39 is 11.7 Å². The van der Waals surface area contributed by atoms with Gasteiger partial charge in [-0.05, 0) is 37.3 Å². The lowest BCUT2D eigenvalue weighted by Crippen LogP contribution is -2.34. The zero-order valence-electron chi connectivity index (χ0n) is 15.3. The first-order chi connectivity index (χ1) is 13.4. The number of likely N-dealkylation sites (N-methyl/N-ethyl adjacent to an activating group) is 1. The standard InChI is InChI=1S/C20H20F3NO4/c1-2-24(12-14-4-3-5-17-19(14)27-11-10-26-17)18(25)13-28-16-8-6-15(7-9-16)20(21,22)23/h3-9H,2,10-13H2,1H3. The fraction of sp³-hybridized carbons (Fsp3) is 0.350. The number of para-hydroxylation sites is 1. The van der Waals surface area contributed by atoms with Gasteiger partial charge in [-0.15, -0.1) is 0 Å². The molecule has 0 unspecified atom stereocenters. The summed E-state index contributed by atoms with van der Waals surface area (Å²) in [5.41, 5.74) is 0.0550. The first-order valence-corrected chi connectivity index (χ1v) is 8.84. The van der Waals surface area contributed by atoms with E-state index in [1.165, 1.54) is 12.1 Å². The number of alkyl halides is 3. The largest absolute Gasteiger partial charge is 0.486 e. The van der Waals surface area contributed by atoms with E-state index in [0.29, 0.717) is 37.8 Å². The summed E-state index contributed by atoms with van der Waals surface area (Å²) >= 11 is 0. The van der Waals surface area contributed by atoms with Gasteiger partial charge in [-0.3, -0.25) is 4.79 Å². The van der Waals surface area contributed by atoms with Gasteiger partial charge < -0.3 is 19.1 Å². The lowest BCUT2D eigenvalue weighted by molar-refractivity contribution is -0.137. The van der Waals surface area contributed by atoms with Gasteiger partial charge in [-0.25, -0.2) is 0 Å². The molecule has 0 saturated carbocycles. The number of rotatable bonds is 6. The zero-order valence-corrected chi connectivity index (χ0v) is 15.3. The lowest BCUT2D eigenvalue weighted by atomic mass is 10.1. The van der Waals surface area contributed by atoms with Gasteiger partial charge in [0.2, 0.25) is 0 Å². The highest BCUT2D eigenvalue weighted by atomic mass is 19.4. The fourth-order valence-corrected chi connectivity index (χ4v) is 2.82. The summed E-state index contributed by atoms with van der Waals surface area (Å²) in [7, 11) is 0. The molecule has 0 aliphatic carbocycles. The number of amides is 1. The molecule has 0 N–H and O–H groups in total. The summed E-state index contributed by atoms with van der Waals surface area (Å²) in [6.45, 7) is 3.25. The average Bonchev–Trinajstić information content (AvgIpc) is 2.70. The third-order valence-electron chi connectivity index (χ3n) is 4.29. The molecule has 8 heteroatoms. The predicted molar refractivity (Wildman–Crippen MR) is 95.5 cm³/mol. The second-order valence-electron chi connectivity index (χ2n) is 6.16. The Hall–Kier alpha value is -2.90. The van der Waals surface area contributed by atoms with E-state index in [1.54, 1.807) is 4.90 Å². The maximum Gasteiger partial charge on any atom is 0.416 e. The molecule has 0 saturated heterocycles. The Morgan fingerprint density at radius 2 is 1.82 bits per heavy atom. The molecule has 0 fully saturated rings. The minimum Gasteiger partial charge on any atom is -0.486 e. The van der Waals surface area contributed by atoms with E-state index in [2.05, 4.69) is 0 Å². The molecular formula is C20H20F3NO4.